The zero-order valence-electron chi connectivity index (χ0n) is 26.2. The third-order valence-corrected chi connectivity index (χ3v) is 8.52. The van der Waals surface area contributed by atoms with Crippen LogP contribution in [0.2, 0.25) is 0 Å². The van der Waals surface area contributed by atoms with Crippen molar-refractivity contribution in [1.29, 1.82) is 0 Å². The summed E-state index contributed by atoms with van der Waals surface area (Å²) in [5.41, 5.74) is 7.40. The van der Waals surface area contributed by atoms with Gasteiger partial charge in [-0.05, 0) is 43.7 Å². The number of nitrogens with zero attached hydrogens (tertiary/aromatic N) is 2. The van der Waals surface area contributed by atoms with Crippen LogP contribution in [0.5, 0.6) is 0 Å². The summed E-state index contributed by atoms with van der Waals surface area (Å²) < 4.78 is 0. The van der Waals surface area contributed by atoms with Crippen LogP contribution in [0.4, 0.5) is 0 Å². The highest BCUT2D eigenvalue weighted by atomic mass is 16.2. The molecule has 39 heavy (non-hydrogen) atoms. The van der Waals surface area contributed by atoms with E-state index in [1.807, 2.05) is 43.0 Å². The van der Waals surface area contributed by atoms with Crippen molar-refractivity contribution in [1.82, 2.24) is 20.4 Å². The fourth-order valence-corrected chi connectivity index (χ4v) is 5.79. The van der Waals surface area contributed by atoms with Crippen LogP contribution in [-0.2, 0) is 15.0 Å². The minimum absolute atomic E-state index is 0.0277. The van der Waals surface area contributed by atoms with Gasteiger partial charge in [0.2, 0.25) is 11.8 Å². The van der Waals surface area contributed by atoms with E-state index < -0.39 is 6.04 Å². The fraction of sp³-hybridized carbons (Fsp3) is 0.688. The Bertz CT molecular complexity index is 967. The molecule has 1 aliphatic heterocycles. The first-order valence-corrected chi connectivity index (χ1v) is 14.6. The highest BCUT2D eigenvalue weighted by Crippen LogP contribution is 2.29. The van der Waals surface area contributed by atoms with Crippen molar-refractivity contribution >= 4 is 11.8 Å². The van der Waals surface area contributed by atoms with Crippen LogP contribution >= 0.6 is 0 Å². The van der Waals surface area contributed by atoms with Crippen LogP contribution in [0.25, 0.3) is 0 Å². The first kappa shape index (κ1) is 33.0. The number of benzene rings is 1. The Kier molecular flexibility index (Phi) is 11.8. The van der Waals surface area contributed by atoms with Gasteiger partial charge in [-0.3, -0.25) is 9.59 Å². The molecule has 2 amide bonds. The molecule has 0 radical (unpaired) electrons. The number of likely N-dealkylation sites (tertiary alicyclic amines) is 1. The van der Waals surface area contributed by atoms with E-state index in [4.69, 9.17) is 5.73 Å². The second-order valence-electron chi connectivity index (χ2n) is 13.2. The minimum atomic E-state index is -0.393. The van der Waals surface area contributed by atoms with Crippen LogP contribution in [0.3, 0.4) is 0 Å². The van der Waals surface area contributed by atoms with Gasteiger partial charge in [0.15, 0.2) is 0 Å². The van der Waals surface area contributed by atoms with Gasteiger partial charge >= 0.3 is 0 Å². The maximum Gasteiger partial charge on any atom is 0.249 e. The van der Waals surface area contributed by atoms with Gasteiger partial charge in [-0.1, -0.05) is 84.9 Å². The highest BCUT2D eigenvalue weighted by Gasteiger charge is 2.38. The molecule has 0 unspecified atom stereocenters. The second kappa shape index (κ2) is 13.9. The number of likely N-dealkylation sites (N-methyl/N-ethyl adjacent to an activating group) is 2. The van der Waals surface area contributed by atoms with E-state index in [1.165, 1.54) is 5.56 Å². The number of nitrogens with one attached hydrogen (secondary N) is 2. The molecule has 1 aliphatic rings. The van der Waals surface area contributed by atoms with Crippen molar-refractivity contribution in [3.8, 4) is 0 Å². The smallest absolute Gasteiger partial charge is 0.249 e. The van der Waals surface area contributed by atoms with Crippen molar-refractivity contribution in [2.24, 2.45) is 17.1 Å². The molecule has 1 fully saturated rings. The van der Waals surface area contributed by atoms with E-state index >= 15 is 0 Å². The maximum absolute atomic E-state index is 14.1. The molecule has 220 valence electrons. The standard InChI is InChI=1S/C32H55N5O2/c1-22(2)26(19-23(3)29(38)37-18-14-17-25(37)20-33)36(10)30(39)28(31(4,5)6)35-21-27(34-9)32(7,8)24-15-12-11-13-16-24/h11-13,15-16,19,22,25-28,34-35H,14,17-18,20-21,33H2,1-10H3/t25-,26+,27+,28+/m0/s1. The Hall–Kier alpha value is -2.22. The zero-order valence-corrected chi connectivity index (χ0v) is 26.2. The fourth-order valence-electron chi connectivity index (χ4n) is 5.79. The van der Waals surface area contributed by atoms with Crippen molar-refractivity contribution in [2.45, 2.75) is 97.8 Å². The Morgan fingerprint density at radius 3 is 2.28 bits per heavy atom. The molecule has 1 aromatic carbocycles. The number of rotatable bonds is 12. The summed E-state index contributed by atoms with van der Waals surface area (Å²) >= 11 is 0. The number of nitrogens with two attached hydrogens (primary N) is 1. The van der Waals surface area contributed by atoms with Crippen LogP contribution in [0.15, 0.2) is 42.0 Å². The molecule has 0 aliphatic carbocycles. The third-order valence-electron chi connectivity index (χ3n) is 8.52. The molecule has 1 heterocycles. The zero-order chi connectivity index (χ0) is 29.5. The van der Waals surface area contributed by atoms with Crippen molar-refractivity contribution < 1.29 is 9.59 Å². The number of amides is 2. The predicted octanol–water partition coefficient (Wildman–Crippen LogP) is 3.94. The first-order chi connectivity index (χ1) is 18.2. The van der Waals surface area contributed by atoms with Gasteiger partial charge in [-0.15, -0.1) is 0 Å². The molecule has 0 aromatic heterocycles. The number of carbonyl (C=O) groups is 2. The molecule has 0 spiro atoms. The molecule has 7 nitrogen and oxygen atoms in total. The highest BCUT2D eigenvalue weighted by molar-refractivity contribution is 5.93. The lowest BCUT2D eigenvalue weighted by molar-refractivity contribution is -0.137. The van der Waals surface area contributed by atoms with Crippen LogP contribution in [0.1, 0.15) is 73.8 Å². The Balaban J connectivity index is 2.25. The monoisotopic (exact) mass is 541 g/mol. The lowest BCUT2D eigenvalue weighted by Crippen LogP contribution is -2.59. The Labute approximate surface area is 238 Å². The largest absolute Gasteiger partial charge is 0.338 e. The van der Waals surface area contributed by atoms with Gasteiger partial charge in [0.05, 0.1) is 12.1 Å². The van der Waals surface area contributed by atoms with Gasteiger partial charge in [0.25, 0.3) is 0 Å². The number of hydrogen-bond acceptors (Lipinski definition) is 5. The molecule has 2 rings (SSSR count). The van der Waals surface area contributed by atoms with E-state index in [0.717, 1.165) is 19.4 Å². The van der Waals surface area contributed by atoms with Gasteiger partial charge in [0.1, 0.15) is 0 Å². The van der Waals surface area contributed by atoms with Gasteiger partial charge in [-0.25, -0.2) is 0 Å². The van der Waals surface area contributed by atoms with Crippen molar-refractivity contribution in [3.63, 3.8) is 0 Å². The minimum Gasteiger partial charge on any atom is -0.338 e. The topological polar surface area (TPSA) is 90.7 Å². The van der Waals surface area contributed by atoms with Gasteiger partial charge in [0, 0.05) is 49.8 Å². The summed E-state index contributed by atoms with van der Waals surface area (Å²) in [6.07, 6.45) is 3.92. The average Bonchev–Trinajstić information content (AvgIpc) is 3.36. The summed E-state index contributed by atoms with van der Waals surface area (Å²) in [6.45, 7) is 18.7. The Morgan fingerprint density at radius 2 is 1.77 bits per heavy atom. The Morgan fingerprint density at radius 1 is 1.15 bits per heavy atom. The van der Waals surface area contributed by atoms with E-state index in [-0.39, 0.29) is 46.7 Å². The molecule has 7 heteroatoms. The second-order valence-corrected chi connectivity index (χ2v) is 13.2. The molecular weight excluding hydrogens is 486 g/mol. The summed E-state index contributed by atoms with van der Waals surface area (Å²) in [7, 11) is 3.84. The summed E-state index contributed by atoms with van der Waals surface area (Å²) in [5.74, 6) is 0.208. The van der Waals surface area contributed by atoms with Crippen LogP contribution < -0.4 is 16.4 Å². The quantitative estimate of drug-likeness (QED) is 0.349. The lowest BCUT2D eigenvalue weighted by atomic mass is 9.77. The molecule has 0 bridgehead atoms. The average molecular weight is 542 g/mol. The summed E-state index contributed by atoms with van der Waals surface area (Å²) in [5, 5.41) is 7.11. The van der Waals surface area contributed by atoms with E-state index in [1.54, 1.807) is 0 Å². The predicted molar refractivity (Wildman–Crippen MR) is 163 cm³/mol. The summed E-state index contributed by atoms with van der Waals surface area (Å²) in [4.78, 5) is 31.0. The molecule has 4 N–H and O–H groups in total. The molecule has 0 saturated carbocycles. The molecule has 1 aromatic rings. The van der Waals surface area contributed by atoms with Gasteiger partial charge in [-0.2, -0.15) is 0 Å². The van der Waals surface area contributed by atoms with E-state index in [2.05, 4.69) is 83.4 Å². The molecule has 1 saturated heterocycles. The molecular formula is C32H55N5O2. The van der Waals surface area contributed by atoms with Crippen molar-refractivity contribution in [3.05, 3.63) is 47.5 Å². The molecule has 4 atom stereocenters. The third kappa shape index (κ3) is 8.15. The number of hydrogen-bond donors (Lipinski definition) is 3. The van der Waals surface area contributed by atoms with E-state index in [0.29, 0.717) is 18.7 Å². The van der Waals surface area contributed by atoms with Gasteiger partial charge < -0.3 is 26.2 Å². The lowest BCUT2D eigenvalue weighted by Gasteiger charge is -2.40. The normalized spacial score (nSPS) is 19.2. The van der Waals surface area contributed by atoms with E-state index in [9.17, 15) is 9.59 Å². The van der Waals surface area contributed by atoms with Crippen LogP contribution in [0, 0.1) is 11.3 Å². The maximum atomic E-state index is 14.1. The SMILES string of the molecule is CN[C@H](CN[C@H](C(=O)N(C)[C@H](C=C(C)C(=O)N1CCC[C@H]1CN)C(C)C)C(C)(C)C)C(C)(C)c1ccccc1. The summed E-state index contributed by atoms with van der Waals surface area (Å²) in [6, 6.07) is 10.1. The van der Waals surface area contributed by atoms with Crippen LogP contribution in [-0.4, -0.2) is 79.5 Å². The number of carbonyl (C=O) groups excluding carboxylic acids is 2. The first-order valence-electron chi connectivity index (χ1n) is 14.6. The van der Waals surface area contributed by atoms with Crippen molar-refractivity contribution in [2.75, 3.05) is 33.7 Å².